The highest BCUT2D eigenvalue weighted by molar-refractivity contribution is 8.00. The second kappa shape index (κ2) is 10.5. The van der Waals surface area contributed by atoms with E-state index < -0.39 is 0 Å². The molecular formula is C27H34N2OS. The SMILES string of the molecule is CSC1(C)C=CC(/C(=N/OCCN2CCCCCC2)c2cccc3ccccc23)=CC1. The van der Waals surface area contributed by atoms with Crippen molar-refractivity contribution in [1.82, 2.24) is 4.90 Å². The first kappa shape index (κ1) is 22.2. The quantitative estimate of drug-likeness (QED) is 0.285. The third kappa shape index (κ3) is 5.61. The molecule has 31 heavy (non-hydrogen) atoms. The van der Waals surface area contributed by atoms with Crippen LogP contribution in [0.1, 0.15) is 44.6 Å². The van der Waals surface area contributed by atoms with E-state index in [1.54, 1.807) is 0 Å². The summed E-state index contributed by atoms with van der Waals surface area (Å²) in [6.07, 6.45) is 15.3. The Hall–Kier alpha value is -2.04. The van der Waals surface area contributed by atoms with Crippen LogP contribution in [0.4, 0.5) is 0 Å². The molecule has 0 bridgehead atoms. The number of fused-ring (bicyclic) bond motifs is 1. The fourth-order valence-electron chi connectivity index (χ4n) is 4.37. The molecule has 2 aromatic rings. The predicted molar refractivity (Wildman–Crippen MR) is 135 cm³/mol. The van der Waals surface area contributed by atoms with Crippen LogP contribution in [-0.2, 0) is 4.84 Å². The van der Waals surface area contributed by atoms with Crippen molar-refractivity contribution in [1.29, 1.82) is 0 Å². The van der Waals surface area contributed by atoms with Crippen molar-refractivity contribution in [3.63, 3.8) is 0 Å². The molecule has 0 saturated carbocycles. The van der Waals surface area contributed by atoms with Gasteiger partial charge in [0.25, 0.3) is 0 Å². The van der Waals surface area contributed by atoms with E-state index in [1.165, 1.54) is 49.5 Å². The van der Waals surface area contributed by atoms with Crippen LogP contribution >= 0.6 is 11.8 Å². The molecular weight excluding hydrogens is 400 g/mol. The van der Waals surface area contributed by atoms with Crippen molar-refractivity contribution in [2.24, 2.45) is 5.16 Å². The summed E-state index contributed by atoms with van der Waals surface area (Å²) in [4.78, 5) is 8.46. The first-order valence-electron chi connectivity index (χ1n) is 11.5. The summed E-state index contributed by atoms with van der Waals surface area (Å²) in [6, 6.07) is 15.0. The van der Waals surface area contributed by atoms with Gasteiger partial charge in [0.05, 0.1) is 0 Å². The fourth-order valence-corrected chi connectivity index (χ4v) is 4.83. The zero-order valence-corrected chi connectivity index (χ0v) is 19.7. The largest absolute Gasteiger partial charge is 0.394 e. The fraction of sp³-hybridized carbons (Fsp3) is 0.444. The minimum Gasteiger partial charge on any atom is -0.394 e. The maximum Gasteiger partial charge on any atom is 0.129 e. The van der Waals surface area contributed by atoms with Crippen molar-refractivity contribution in [2.45, 2.75) is 43.8 Å². The predicted octanol–water partition coefficient (Wildman–Crippen LogP) is 6.44. The topological polar surface area (TPSA) is 24.8 Å². The molecule has 0 radical (unpaired) electrons. The van der Waals surface area contributed by atoms with Gasteiger partial charge in [-0.25, -0.2) is 0 Å². The van der Waals surface area contributed by atoms with Gasteiger partial charge in [0, 0.05) is 16.9 Å². The molecule has 1 aliphatic heterocycles. The average molecular weight is 435 g/mol. The molecule has 2 aliphatic rings. The number of rotatable bonds is 7. The molecule has 0 N–H and O–H groups in total. The summed E-state index contributed by atoms with van der Waals surface area (Å²) < 4.78 is 0.154. The molecule has 1 atom stereocenters. The second-order valence-corrected chi connectivity index (χ2v) is 10.1. The van der Waals surface area contributed by atoms with Gasteiger partial charge in [0.2, 0.25) is 0 Å². The van der Waals surface area contributed by atoms with Crippen molar-refractivity contribution < 1.29 is 4.84 Å². The number of hydrogen-bond donors (Lipinski definition) is 0. The normalized spacial score (nSPS) is 22.9. The third-order valence-corrected chi connectivity index (χ3v) is 7.72. The van der Waals surface area contributed by atoms with Gasteiger partial charge in [0.15, 0.2) is 0 Å². The van der Waals surface area contributed by atoms with E-state index in [0.717, 1.165) is 29.8 Å². The molecule has 1 unspecified atom stereocenters. The number of likely N-dealkylation sites (tertiary alicyclic amines) is 1. The lowest BCUT2D eigenvalue weighted by atomic mass is 9.90. The Morgan fingerprint density at radius 2 is 1.84 bits per heavy atom. The maximum atomic E-state index is 5.94. The zero-order valence-electron chi connectivity index (χ0n) is 18.8. The van der Waals surface area contributed by atoms with Crippen LogP contribution in [0.3, 0.4) is 0 Å². The molecule has 1 saturated heterocycles. The number of benzene rings is 2. The van der Waals surface area contributed by atoms with E-state index in [2.05, 4.69) is 78.8 Å². The number of nitrogens with zero attached hydrogens (tertiary/aromatic N) is 2. The van der Waals surface area contributed by atoms with Crippen LogP contribution in [0.2, 0.25) is 0 Å². The van der Waals surface area contributed by atoms with Gasteiger partial charge >= 0.3 is 0 Å². The number of oxime groups is 1. The molecule has 1 aliphatic carbocycles. The van der Waals surface area contributed by atoms with Gasteiger partial charge in [-0.3, -0.25) is 4.90 Å². The lowest BCUT2D eigenvalue weighted by Gasteiger charge is -2.26. The highest BCUT2D eigenvalue weighted by atomic mass is 32.2. The molecule has 3 nitrogen and oxygen atoms in total. The van der Waals surface area contributed by atoms with E-state index in [0.29, 0.717) is 6.61 Å². The maximum absolute atomic E-state index is 5.94. The van der Waals surface area contributed by atoms with Gasteiger partial charge in [0.1, 0.15) is 12.3 Å². The lowest BCUT2D eigenvalue weighted by Crippen LogP contribution is -2.28. The monoisotopic (exact) mass is 434 g/mol. The molecule has 164 valence electrons. The third-order valence-electron chi connectivity index (χ3n) is 6.48. The van der Waals surface area contributed by atoms with Crippen molar-refractivity contribution in [2.75, 3.05) is 32.5 Å². The van der Waals surface area contributed by atoms with E-state index in [-0.39, 0.29) is 4.75 Å². The molecule has 2 aromatic carbocycles. The minimum atomic E-state index is 0.154. The van der Waals surface area contributed by atoms with Gasteiger partial charge in [-0.15, -0.1) is 0 Å². The lowest BCUT2D eigenvalue weighted by molar-refractivity contribution is 0.112. The van der Waals surface area contributed by atoms with Crippen LogP contribution in [0.5, 0.6) is 0 Å². The summed E-state index contributed by atoms with van der Waals surface area (Å²) in [7, 11) is 0. The summed E-state index contributed by atoms with van der Waals surface area (Å²) in [5, 5.41) is 7.16. The highest BCUT2D eigenvalue weighted by Gasteiger charge is 2.23. The Labute approximate surface area is 191 Å². The summed E-state index contributed by atoms with van der Waals surface area (Å²) in [5.74, 6) is 0. The molecule has 1 fully saturated rings. The van der Waals surface area contributed by atoms with Gasteiger partial charge in [-0.2, -0.15) is 11.8 Å². The smallest absolute Gasteiger partial charge is 0.129 e. The van der Waals surface area contributed by atoms with Gasteiger partial charge in [-0.05, 0) is 61.9 Å². The van der Waals surface area contributed by atoms with Crippen LogP contribution in [-0.4, -0.2) is 47.9 Å². The van der Waals surface area contributed by atoms with Crippen molar-refractivity contribution in [3.8, 4) is 0 Å². The van der Waals surface area contributed by atoms with E-state index in [4.69, 9.17) is 9.99 Å². The average Bonchev–Trinajstić information content (AvgIpc) is 3.09. The molecule has 4 rings (SSSR count). The second-order valence-electron chi connectivity index (χ2n) is 8.77. The molecule has 4 heteroatoms. The highest BCUT2D eigenvalue weighted by Crippen LogP contribution is 2.34. The molecule has 0 aromatic heterocycles. The van der Waals surface area contributed by atoms with Crippen molar-refractivity contribution >= 4 is 28.2 Å². The molecule has 0 spiro atoms. The Bertz CT molecular complexity index is 967. The Kier molecular flexibility index (Phi) is 7.52. The van der Waals surface area contributed by atoms with E-state index in [9.17, 15) is 0 Å². The number of thioether (sulfide) groups is 1. The molecule has 1 heterocycles. The summed E-state index contributed by atoms with van der Waals surface area (Å²) >= 11 is 1.89. The molecule has 0 amide bonds. The number of allylic oxidation sites excluding steroid dienone is 3. The first-order valence-corrected chi connectivity index (χ1v) is 12.8. The minimum absolute atomic E-state index is 0.154. The Balaban J connectivity index is 1.57. The van der Waals surface area contributed by atoms with Crippen LogP contribution in [0.25, 0.3) is 10.8 Å². The van der Waals surface area contributed by atoms with E-state index >= 15 is 0 Å². The summed E-state index contributed by atoms with van der Waals surface area (Å²) in [5.41, 5.74) is 3.22. The zero-order chi connectivity index (χ0) is 21.5. The van der Waals surface area contributed by atoms with E-state index in [1.807, 2.05) is 11.8 Å². The van der Waals surface area contributed by atoms with Crippen LogP contribution < -0.4 is 0 Å². The Morgan fingerprint density at radius 3 is 2.58 bits per heavy atom. The standard InChI is InChI=1S/C27H34N2OS/c1-27(31-2)16-14-23(15-17-27)26(25-13-9-11-22-10-5-6-12-24(22)25)28-30-21-20-29-18-7-3-4-8-19-29/h5-6,9-16H,3-4,7-8,17-21H2,1-2H3/b28-26-. The Morgan fingerprint density at radius 1 is 1.06 bits per heavy atom. The van der Waals surface area contributed by atoms with Gasteiger partial charge < -0.3 is 4.84 Å². The van der Waals surface area contributed by atoms with Crippen molar-refractivity contribution in [3.05, 3.63) is 71.8 Å². The first-order chi connectivity index (χ1) is 15.2. The summed E-state index contributed by atoms with van der Waals surface area (Å²) in [6.45, 7) is 6.24. The van der Waals surface area contributed by atoms with Crippen LogP contribution in [0, 0.1) is 0 Å². The van der Waals surface area contributed by atoms with Crippen LogP contribution in [0.15, 0.2) is 71.4 Å². The number of hydrogen-bond acceptors (Lipinski definition) is 4. The van der Waals surface area contributed by atoms with Gasteiger partial charge in [-0.1, -0.05) is 78.7 Å².